The second-order valence-corrected chi connectivity index (χ2v) is 6.27. The second kappa shape index (κ2) is 8.44. The second-order valence-electron chi connectivity index (χ2n) is 6.27. The topological polar surface area (TPSA) is 104 Å². The Labute approximate surface area is 168 Å². The maximum Gasteiger partial charge on any atom is 0.417 e. The van der Waals surface area contributed by atoms with Gasteiger partial charge in [-0.05, 0) is 59.7 Å². The van der Waals surface area contributed by atoms with Crippen LogP contribution in [0.25, 0.3) is 11.1 Å². The largest absolute Gasteiger partial charge is 0.417 e. The highest BCUT2D eigenvalue weighted by molar-refractivity contribution is 5.75. The van der Waals surface area contributed by atoms with Crippen molar-refractivity contribution in [1.82, 2.24) is 0 Å². The fraction of sp³-hybridized carbons (Fsp3) is 0.100. The molecule has 0 aliphatic heterocycles. The summed E-state index contributed by atoms with van der Waals surface area (Å²) in [4.78, 5) is 0. The number of hydrogen-bond acceptors (Lipinski definition) is 4. The van der Waals surface area contributed by atoms with Gasteiger partial charge in [-0.3, -0.25) is 0 Å². The molecule has 0 saturated heterocycles. The van der Waals surface area contributed by atoms with Gasteiger partial charge in [-0.15, -0.1) is 0 Å². The van der Waals surface area contributed by atoms with E-state index in [0.717, 1.165) is 35.6 Å². The molecule has 0 aromatic heterocycles. The third-order valence-electron chi connectivity index (χ3n) is 3.92. The van der Waals surface area contributed by atoms with Gasteiger partial charge >= 0.3 is 12.4 Å². The molecule has 0 aliphatic rings. The van der Waals surface area contributed by atoms with Crippen molar-refractivity contribution < 1.29 is 26.3 Å². The molecule has 3 rings (SSSR count). The number of nitrogen functional groups attached to an aromatic ring is 4. The van der Waals surface area contributed by atoms with Crippen LogP contribution in [0.15, 0.2) is 60.7 Å². The zero-order valence-electron chi connectivity index (χ0n) is 15.4. The SMILES string of the molecule is Nc1ccc(-c2ccc(N)cc2C(F)(F)F)c(C(F)(F)F)c1.Nc1ccc(N)cc1. The Kier molecular flexibility index (Phi) is 6.39. The molecule has 3 aromatic carbocycles. The molecule has 0 amide bonds. The minimum atomic E-state index is -4.84. The third-order valence-corrected chi connectivity index (χ3v) is 3.92. The van der Waals surface area contributed by atoms with Gasteiger partial charge in [-0.1, -0.05) is 12.1 Å². The van der Waals surface area contributed by atoms with Gasteiger partial charge < -0.3 is 22.9 Å². The highest BCUT2D eigenvalue weighted by Gasteiger charge is 2.38. The molecule has 10 heteroatoms. The molecule has 8 N–H and O–H groups in total. The predicted octanol–water partition coefficient (Wildman–Crippen LogP) is 5.41. The molecule has 0 heterocycles. The van der Waals surface area contributed by atoms with Crippen molar-refractivity contribution >= 4 is 22.7 Å². The summed E-state index contributed by atoms with van der Waals surface area (Å²) in [5.41, 5.74) is 18.8. The van der Waals surface area contributed by atoms with Crippen LogP contribution >= 0.6 is 0 Å². The van der Waals surface area contributed by atoms with E-state index in [9.17, 15) is 26.3 Å². The van der Waals surface area contributed by atoms with Crippen LogP contribution in [-0.2, 0) is 12.4 Å². The number of nitrogens with two attached hydrogens (primary N) is 4. The van der Waals surface area contributed by atoms with E-state index in [0.29, 0.717) is 12.1 Å². The molecule has 0 spiro atoms. The Morgan fingerprint density at radius 3 is 0.967 bits per heavy atom. The Morgan fingerprint density at radius 1 is 0.433 bits per heavy atom. The lowest BCUT2D eigenvalue weighted by Crippen LogP contribution is -2.12. The van der Waals surface area contributed by atoms with Crippen LogP contribution in [0.5, 0.6) is 0 Å². The smallest absolute Gasteiger partial charge is 0.399 e. The van der Waals surface area contributed by atoms with Crippen LogP contribution < -0.4 is 22.9 Å². The minimum absolute atomic E-state index is 0.194. The maximum absolute atomic E-state index is 13.1. The molecule has 0 aliphatic carbocycles. The van der Waals surface area contributed by atoms with E-state index in [1.165, 1.54) is 0 Å². The van der Waals surface area contributed by atoms with Gasteiger partial charge in [0.25, 0.3) is 0 Å². The predicted molar refractivity (Wildman–Crippen MR) is 106 cm³/mol. The van der Waals surface area contributed by atoms with Crippen molar-refractivity contribution in [3.8, 4) is 11.1 Å². The van der Waals surface area contributed by atoms with Crippen molar-refractivity contribution in [3.63, 3.8) is 0 Å². The molecular weight excluding hydrogens is 410 g/mol. The van der Waals surface area contributed by atoms with Crippen LogP contribution in [-0.4, -0.2) is 0 Å². The molecule has 0 unspecified atom stereocenters. The van der Waals surface area contributed by atoms with Crippen molar-refractivity contribution in [2.45, 2.75) is 12.4 Å². The quantitative estimate of drug-likeness (QED) is 0.307. The summed E-state index contributed by atoms with van der Waals surface area (Å²) >= 11 is 0. The average molecular weight is 428 g/mol. The van der Waals surface area contributed by atoms with E-state index in [1.54, 1.807) is 24.3 Å². The van der Waals surface area contributed by atoms with Crippen LogP contribution in [0.1, 0.15) is 11.1 Å². The third kappa shape index (κ3) is 5.72. The minimum Gasteiger partial charge on any atom is -0.399 e. The van der Waals surface area contributed by atoms with Crippen molar-refractivity contribution in [2.24, 2.45) is 0 Å². The molecule has 30 heavy (non-hydrogen) atoms. The maximum atomic E-state index is 13.1. The molecule has 4 nitrogen and oxygen atoms in total. The molecule has 160 valence electrons. The number of rotatable bonds is 1. The molecule has 0 bridgehead atoms. The lowest BCUT2D eigenvalue weighted by molar-refractivity contribution is -0.139. The molecule has 3 aromatic rings. The Bertz CT molecular complexity index is 929. The summed E-state index contributed by atoms with van der Waals surface area (Å²) in [5, 5.41) is 0. The van der Waals surface area contributed by atoms with Gasteiger partial charge in [0, 0.05) is 22.7 Å². The first kappa shape index (κ1) is 22.7. The van der Waals surface area contributed by atoms with Gasteiger partial charge in [0.2, 0.25) is 0 Å². The molecule has 0 radical (unpaired) electrons. The first-order valence-corrected chi connectivity index (χ1v) is 8.34. The van der Waals surface area contributed by atoms with E-state index in [-0.39, 0.29) is 11.4 Å². The zero-order chi connectivity index (χ0) is 22.7. The van der Waals surface area contributed by atoms with Gasteiger partial charge in [-0.25, -0.2) is 0 Å². The van der Waals surface area contributed by atoms with Crippen LogP contribution in [0.4, 0.5) is 49.1 Å². The van der Waals surface area contributed by atoms with E-state index < -0.39 is 34.6 Å². The highest BCUT2D eigenvalue weighted by atomic mass is 19.4. The highest BCUT2D eigenvalue weighted by Crippen LogP contribution is 2.43. The fourth-order valence-corrected chi connectivity index (χ4v) is 2.56. The summed E-state index contributed by atoms with van der Waals surface area (Å²) in [6.45, 7) is 0. The Balaban J connectivity index is 0.000000335. The first-order valence-electron chi connectivity index (χ1n) is 8.34. The number of halogens is 6. The molecule has 0 atom stereocenters. The molecular formula is C20H18F6N4. The van der Waals surface area contributed by atoms with Crippen molar-refractivity contribution in [3.05, 3.63) is 71.8 Å². The van der Waals surface area contributed by atoms with Gasteiger partial charge in [0.05, 0.1) is 11.1 Å². The fourth-order valence-electron chi connectivity index (χ4n) is 2.56. The summed E-state index contributed by atoms with van der Waals surface area (Å²) in [6.07, 6.45) is -9.68. The van der Waals surface area contributed by atoms with Gasteiger partial charge in [-0.2, -0.15) is 26.3 Å². The van der Waals surface area contributed by atoms with E-state index in [4.69, 9.17) is 22.9 Å². The number of benzene rings is 3. The summed E-state index contributed by atoms with van der Waals surface area (Å²) in [6, 6.07) is 12.4. The number of alkyl halides is 6. The average Bonchev–Trinajstić information content (AvgIpc) is 2.63. The van der Waals surface area contributed by atoms with Crippen molar-refractivity contribution in [1.29, 1.82) is 0 Å². The Morgan fingerprint density at radius 2 is 0.700 bits per heavy atom. The summed E-state index contributed by atoms with van der Waals surface area (Å²) in [7, 11) is 0. The molecule has 0 saturated carbocycles. The van der Waals surface area contributed by atoms with E-state index in [1.807, 2.05) is 0 Å². The summed E-state index contributed by atoms with van der Waals surface area (Å²) < 4.78 is 78.4. The normalized spacial score (nSPS) is 11.5. The lowest BCUT2D eigenvalue weighted by atomic mass is 9.94. The van der Waals surface area contributed by atoms with Gasteiger partial charge in [0.1, 0.15) is 0 Å². The van der Waals surface area contributed by atoms with Gasteiger partial charge in [0.15, 0.2) is 0 Å². The Hall–Kier alpha value is -3.56. The summed E-state index contributed by atoms with van der Waals surface area (Å²) in [5.74, 6) is 0. The van der Waals surface area contributed by atoms with E-state index >= 15 is 0 Å². The molecule has 0 fully saturated rings. The van der Waals surface area contributed by atoms with Crippen LogP contribution in [0, 0.1) is 0 Å². The van der Waals surface area contributed by atoms with Crippen LogP contribution in [0.3, 0.4) is 0 Å². The monoisotopic (exact) mass is 428 g/mol. The van der Waals surface area contributed by atoms with Crippen molar-refractivity contribution in [2.75, 3.05) is 22.9 Å². The number of anilines is 4. The standard InChI is InChI=1S/C14H10F6N2.C6H8N2/c15-13(16,17)11-5-7(21)1-3-9(11)10-4-2-8(22)6-12(10)14(18,19)20;7-5-1-2-6(8)4-3-5/h1-6H,21-22H2;1-4H,7-8H2. The van der Waals surface area contributed by atoms with Crippen LogP contribution in [0.2, 0.25) is 0 Å². The first-order chi connectivity index (χ1) is 13.8. The van der Waals surface area contributed by atoms with E-state index in [2.05, 4.69) is 0 Å². The lowest BCUT2D eigenvalue weighted by Gasteiger charge is -2.18. The zero-order valence-corrected chi connectivity index (χ0v) is 15.4. The number of hydrogen-bond donors (Lipinski definition) is 4.